The minimum atomic E-state index is -0.204. The molecular weight excluding hydrogens is 228 g/mol. The third kappa shape index (κ3) is 4.05. The maximum absolute atomic E-state index is 11.6. The molecule has 102 valence electrons. The summed E-state index contributed by atoms with van der Waals surface area (Å²) in [6.45, 7) is 10.5. The Morgan fingerprint density at radius 1 is 1.33 bits per heavy atom. The number of hydrogen-bond acceptors (Lipinski definition) is 2. The van der Waals surface area contributed by atoms with E-state index < -0.39 is 0 Å². The Kier molecular flexibility index (Phi) is 4.38. The normalized spacial score (nSPS) is 11.4. The Hall–Kier alpha value is -1.52. The molecular formula is C13H24N4O. The van der Waals surface area contributed by atoms with Crippen LogP contribution < -0.4 is 10.6 Å². The number of urea groups is 1. The lowest BCUT2D eigenvalue weighted by Gasteiger charge is -2.20. The summed E-state index contributed by atoms with van der Waals surface area (Å²) < 4.78 is 1.87. The topological polar surface area (TPSA) is 59.0 Å². The van der Waals surface area contributed by atoms with Crippen molar-refractivity contribution in [3.8, 4) is 0 Å². The SMILES string of the molecule is Cc1nn(C)c(C)c1CCNC(=O)NC(C)(C)C. The summed E-state index contributed by atoms with van der Waals surface area (Å²) in [5, 5.41) is 10.1. The fraction of sp³-hybridized carbons (Fsp3) is 0.692. The van der Waals surface area contributed by atoms with Crippen LogP contribution >= 0.6 is 0 Å². The van der Waals surface area contributed by atoms with Crippen LogP contribution in [-0.2, 0) is 13.5 Å². The first-order valence-electron chi connectivity index (χ1n) is 6.26. The highest BCUT2D eigenvalue weighted by molar-refractivity contribution is 5.74. The second-order valence-corrected chi connectivity index (χ2v) is 5.65. The summed E-state index contributed by atoms with van der Waals surface area (Å²) in [6, 6.07) is -0.123. The summed E-state index contributed by atoms with van der Waals surface area (Å²) in [6.07, 6.45) is 0.809. The molecule has 0 fully saturated rings. The standard InChI is InChI=1S/C13H24N4O/c1-9-11(10(2)17(6)16-9)7-8-14-12(18)15-13(3,4)5/h7-8H2,1-6H3,(H2,14,15,18). The van der Waals surface area contributed by atoms with E-state index in [1.165, 1.54) is 5.56 Å². The molecule has 0 spiro atoms. The summed E-state index contributed by atoms with van der Waals surface area (Å²) in [7, 11) is 1.94. The Bertz CT molecular complexity index is 429. The van der Waals surface area contributed by atoms with Gasteiger partial charge in [-0.05, 0) is 46.6 Å². The quantitative estimate of drug-likeness (QED) is 0.860. The zero-order valence-electron chi connectivity index (χ0n) is 12.2. The molecule has 0 aliphatic rings. The molecule has 1 aromatic heterocycles. The van der Waals surface area contributed by atoms with Crippen LogP contribution in [0.1, 0.15) is 37.7 Å². The van der Waals surface area contributed by atoms with Crippen molar-refractivity contribution in [3.05, 3.63) is 17.0 Å². The van der Waals surface area contributed by atoms with Crippen LogP contribution in [-0.4, -0.2) is 27.9 Å². The van der Waals surface area contributed by atoms with Crippen LogP contribution in [0, 0.1) is 13.8 Å². The number of carbonyl (C=O) groups excluding carboxylic acids is 1. The van der Waals surface area contributed by atoms with Crippen molar-refractivity contribution in [1.82, 2.24) is 20.4 Å². The molecule has 0 saturated heterocycles. The van der Waals surface area contributed by atoms with Gasteiger partial charge < -0.3 is 10.6 Å². The number of hydrogen-bond donors (Lipinski definition) is 2. The minimum Gasteiger partial charge on any atom is -0.338 e. The minimum absolute atomic E-state index is 0.123. The zero-order chi connectivity index (χ0) is 13.9. The van der Waals surface area contributed by atoms with Gasteiger partial charge in [-0.2, -0.15) is 5.10 Å². The molecule has 1 rings (SSSR count). The summed E-state index contributed by atoms with van der Waals surface area (Å²) in [5.41, 5.74) is 3.21. The molecule has 1 aromatic rings. The molecule has 0 aliphatic carbocycles. The molecule has 0 atom stereocenters. The Morgan fingerprint density at radius 2 is 1.94 bits per heavy atom. The lowest BCUT2D eigenvalue weighted by molar-refractivity contribution is 0.232. The number of carbonyl (C=O) groups is 1. The average molecular weight is 252 g/mol. The predicted octanol–water partition coefficient (Wildman–Crippen LogP) is 1.68. The first kappa shape index (κ1) is 14.5. The summed E-state index contributed by atoms with van der Waals surface area (Å²) in [4.78, 5) is 11.6. The van der Waals surface area contributed by atoms with E-state index in [2.05, 4.69) is 15.7 Å². The Morgan fingerprint density at radius 3 is 2.39 bits per heavy atom. The lowest BCUT2D eigenvalue weighted by atomic mass is 10.1. The van der Waals surface area contributed by atoms with Gasteiger partial charge in [0, 0.05) is 24.8 Å². The van der Waals surface area contributed by atoms with Gasteiger partial charge in [0.1, 0.15) is 0 Å². The van der Waals surface area contributed by atoms with Gasteiger partial charge in [0.2, 0.25) is 0 Å². The third-order valence-corrected chi connectivity index (χ3v) is 2.81. The first-order chi connectivity index (χ1) is 8.20. The molecule has 2 N–H and O–H groups in total. The smallest absolute Gasteiger partial charge is 0.315 e. The molecule has 0 unspecified atom stereocenters. The van der Waals surface area contributed by atoms with Gasteiger partial charge in [0.25, 0.3) is 0 Å². The van der Waals surface area contributed by atoms with Gasteiger partial charge in [-0.15, -0.1) is 0 Å². The third-order valence-electron chi connectivity index (χ3n) is 2.81. The molecule has 0 aliphatic heterocycles. The number of nitrogens with zero attached hydrogens (tertiary/aromatic N) is 2. The van der Waals surface area contributed by atoms with Gasteiger partial charge in [-0.1, -0.05) is 0 Å². The molecule has 0 radical (unpaired) electrons. The van der Waals surface area contributed by atoms with Crippen molar-refractivity contribution in [2.45, 2.75) is 46.6 Å². The summed E-state index contributed by atoms with van der Waals surface area (Å²) >= 11 is 0. The van der Waals surface area contributed by atoms with E-state index in [4.69, 9.17) is 0 Å². The number of aryl methyl sites for hydroxylation is 2. The van der Waals surface area contributed by atoms with Crippen LogP contribution in [0.15, 0.2) is 0 Å². The fourth-order valence-electron chi connectivity index (χ4n) is 1.87. The number of amides is 2. The van der Waals surface area contributed by atoms with Crippen LogP contribution in [0.25, 0.3) is 0 Å². The van der Waals surface area contributed by atoms with Gasteiger partial charge in [0.05, 0.1) is 5.69 Å². The maximum Gasteiger partial charge on any atom is 0.315 e. The summed E-state index contributed by atoms with van der Waals surface area (Å²) in [5.74, 6) is 0. The molecule has 1 heterocycles. The average Bonchev–Trinajstić information content (AvgIpc) is 2.41. The molecule has 2 amide bonds. The largest absolute Gasteiger partial charge is 0.338 e. The van der Waals surface area contributed by atoms with E-state index in [1.54, 1.807) is 0 Å². The predicted molar refractivity (Wildman–Crippen MR) is 72.7 cm³/mol. The van der Waals surface area contributed by atoms with Crippen LogP contribution in [0.4, 0.5) is 4.79 Å². The highest BCUT2D eigenvalue weighted by atomic mass is 16.2. The van der Waals surface area contributed by atoms with Crippen molar-refractivity contribution >= 4 is 6.03 Å². The van der Waals surface area contributed by atoms with Crippen LogP contribution in [0.3, 0.4) is 0 Å². The van der Waals surface area contributed by atoms with E-state index in [9.17, 15) is 4.79 Å². The fourth-order valence-corrected chi connectivity index (χ4v) is 1.87. The van der Waals surface area contributed by atoms with E-state index in [1.807, 2.05) is 46.3 Å². The molecule has 18 heavy (non-hydrogen) atoms. The van der Waals surface area contributed by atoms with E-state index in [0.717, 1.165) is 17.8 Å². The van der Waals surface area contributed by atoms with Crippen molar-refractivity contribution < 1.29 is 4.79 Å². The van der Waals surface area contributed by atoms with Crippen LogP contribution in [0.2, 0.25) is 0 Å². The highest BCUT2D eigenvalue weighted by Crippen LogP contribution is 2.11. The number of nitrogens with one attached hydrogen (secondary N) is 2. The number of rotatable bonds is 3. The van der Waals surface area contributed by atoms with Gasteiger partial charge >= 0.3 is 6.03 Å². The Balaban J connectivity index is 2.45. The Labute approximate surface area is 109 Å². The van der Waals surface area contributed by atoms with Crippen molar-refractivity contribution in [2.24, 2.45) is 7.05 Å². The second kappa shape index (κ2) is 5.42. The van der Waals surface area contributed by atoms with Gasteiger partial charge in [0.15, 0.2) is 0 Å². The van der Waals surface area contributed by atoms with Crippen molar-refractivity contribution in [2.75, 3.05) is 6.54 Å². The molecule has 5 heteroatoms. The van der Waals surface area contributed by atoms with E-state index in [0.29, 0.717) is 6.54 Å². The maximum atomic E-state index is 11.6. The van der Waals surface area contributed by atoms with E-state index >= 15 is 0 Å². The zero-order valence-corrected chi connectivity index (χ0v) is 12.2. The van der Waals surface area contributed by atoms with Crippen LogP contribution in [0.5, 0.6) is 0 Å². The molecule has 0 bridgehead atoms. The molecule has 0 aromatic carbocycles. The molecule has 0 saturated carbocycles. The molecule has 5 nitrogen and oxygen atoms in total. The monoisotopic (exact) mass is 252 g/mol. The van der Waals surface area contributed by atoms with Crippen molar-refractivity contribution in [3.63, 3.8) is 0 Å². The van der Waals surface area contributed by atoms with E-state index in [-0.39, 0.29) is 11.6 Å². The lowest BCUT2D eigenvalue weighted by Crippen LogP contribution is -2.46. The van der Waals surface area contributed by atoms with Crippen molar-refractivity contribution in [1.29, 1.82) is 0 Å². The first-order valence-corrected chi connectivity index (χ1v) is 6.26. The van der Waals surface area contributed by atoms with Gasteiger partial charge in [-0.3, -0.25) is 4.68 Å². The number of aromatic nitrogens is 2. The van der Waals surface area contributed by atoms with Gasteiger partial charge in [-0.25, -0.2) is 4.79 Å². The second-order valence-electron chi connectivity index (χ2n) is 5.65. The highest BCUT2D eigenvalue weighted by Gasteiger charge is 2.13.